The van der Waals surface area contributed by atoms with E-state index in [0.29, 0.717) is 0 Å². The first kappa shape index (κ1) is 16.4. The Labute approximate surface area is 153 Å². The number of pyridine rings is 1. The van der Waals surface area contributed by atoms with E-state index < -0.39 is 0 Å². The van der Waals surface area contributed by atoms with Gasteiger partial charge in [-0.05, 0) is 36.1 Å². The average molecular weight is 342 g/mol. The largest absolute Gasteiger partial charge is 0.467 e. The van der Waals surface area contributed by atoms with Crippen LogP contribution in [0.1, 0.15) is 36.4 Å². The molecule has 0 aliphatic heterocycles. The van der Waals surface area contributed by atoms with Crippen LogP contribution < -0.4 is 5.32 Å². The zero-order valence-corrected chi connectivity index (χ0v) is 14.9. The van der Waals surface area contributed by atoms with E-state index in [4.69, 9.17) is 9.40 Å². The van der Waals surface area contributed by atoms with Crippen molar-refractivity contribution in [2.24, 2.45) is 0 Å². The minimum atomic E-state index is -0.0902. The van der Waals surface area contributed by atoms with Gasteiger partial charge in [0.2, 0.25) is 0 Å². The van der Waals surface area contributed by atoms with E-state index in [9.17, 15) is 0 Å². The van der Waals surface area contributed by atoms with Crippen molar-refractivity contribution in [2.75, 3.05) is 5.32 Å². The number of furan rings is 1. The lowest BCUT2D eigenvalue weighted by atomic mass is 9.94. The molecule has 1 unspecified atom stereocenters. The smallest absolute Gasteiger partial charge is 0.130 e. The zero-order chi connectivity index (χ0) is 17.8. The van der Waals surface area contributed by atoms with Crippen LogP contribution in [0.3, 0.4) is 0 Å². The zero-order valence-electron chi connectivity index (χ0n) is 14.9. The minimum absolute atomic E-state index is 0.0902. The molecule has 26 heavy (non-hydrogen) atoms. The van der Waals surface area contributed by atoms with Gasteiger partial charge in [0.25, 0.3) is 0 Å². The molecule has 3 heteroatoms. The maximum atomic E-state index is 5.81. The maximum Gasteiger partial charge on any atom is 0.130 e. The van der Waals surface area contributed by atoms with Crippen molar-refractivity contribution in [1.29, 1.82) is 0 Å². The van der Waals surface area contributed by atoms with Gasteiger partial charge in [0.05, 0.1) is 6.26 Å². The van der Waals surface area contributed by atoms with Crippen LogP contribution in [0, 0.1) is 0 Å². The summed E-state index contributed by atoms with van der Waals surface area (Å²) in [5.74, 6) is 0.893. The van der Waals surface area contributed by atoms with Gasteiger partial charge in [0.15, 0.2) is 0 Å². The number of nitrogens with one attached hydrogen (secondary N) is 1. The van der Waals surface area contributed by atoms with Gasteiger partial charge >= 0.3 is 0 Å². The molecule has 3 nitrogen and oxygen atoms in total. The van der Waals surface area contributed by atoms with Gasteiger partial charge in [-0.1, -0.05) is 55.8 Å². The van der Waals surface area contributed by atoms with E-state index in [2.05, 4.69) is 48.6 Å². The summed E-state index contributed by atoms with van der Waals surface area (Å²) >= 11 is 0. The van der Waals surface area contributed by atoms with Crippen molar-refractivity contribution in [2.45, 2.75) is 25.8 Å². The Bertz CT molecular complexity index is 978. The van der Waals surface area contributed by atoms with Gasteiger partial charge in [0.1, 0.15) is 11.8 Å². The monoisotopic (exact) mass is 342 g/mol. The molecule has 1 N–H and O–H groups in total. The van der Waals surface area contributed by atoms with Crippen LogP contribution in [0.25, 0.3) is 10.8 Å². The van der Waals surface area contributed by atoms with Crippen LogP contribution in [0.15, 0.2) is 83.6 Å². The Hall–Kier alpha value is -3.07. The topological polar surface area (TPSA) is 38.1 Å². The minimum Gasteiger partial charge on any atom is -0.467 e. The third-order valence-electron chi connectivity index (χ3n) is 4.61. The van der Waals surface area contributed by atoms with E-state index in [0.717, 1.165) is 35.4 Å². The standard InChI is InChI=1S/C23H22N2O/c1-2-9-20-22(19-13-7-6-10-17(19)16-24-20)23(21-14-8-15-26-21)25-18-11-4-3-5-12-18/h3-8,10-16,23,25H,2,9H2,1H3. The fourth-order valence-corrected chi connectivity index (χ4v) is 3.43. The number of anilines is 1. The maximum absolute atomic E-state index is 5.81. The quantitative estimate of drug-likeness (QED) is 0.468. The molecule has 0 saturated heterocycles. The van der Waals surface area contributed by atoms with Crippen molar-refractivity contribution in [1.82, 2.24) is 4.98 Å². The number of fused-ring (bicyclic) bond motifs is 1. The fourth-order valence-electron chi connectivity index (χ4n) is 3.43. The summed E-state index contributed by atoms with van der Waals surface area (Å²) in [7, 11) is 0. The van der Waals surface area contributed by atoms with E-state index >= 15 is 0 Å². The number of aryl methyl sites for hydroxylation is 1. The van der Waals surface area contributed by atoms with E-state index in [1.807, 2.05) is 36.5 Å². The van der Waals surface area contributed by atoms with Gasteiger partial charge in [-0.3, -0.25) is 4.98 Å². The van der Waals surface area contributed by atoms with Gasteiger partial charge in [0, 0.05) is 28.5 Å². The Balaban J connectivity index is 1.91. The molecule has 2 heterocycles. The second kappa shape index (κ2) is 7.44. The average Bonchev–Trinajstić information content (AvgIpc) is 3.22. The first-order chi connectivity index (χ1) is 12.9. The number of hydrogen-bond donors (Lipinski definition) is 1. The number of rotatable bonds is 6. The highest BCUT2D eigenvalue weighted by molar-refractivity contribution is 5.86. The lowest BCUT2D eigenvalue weighted by Crippen LogP contribution is -2.15. The Morgan fingerprint density at radius 2 is 1.77 bits per heavy atom. The highest BCUT2D eigenvalue weighted by Gasteiger charge is 2.23. The van der Waals surface area contributed by atoms with Crippen LogP contribution in [-0.4, -0.2) is 4.98 Å². The van der Waals surface area contributed by atoms with Crippen molar-refractivity contribution in [3.63, 3.8) is 0 Å². The number of nitrogens with zero attached hydrogens (tertiary/aromatic N) is 1. The summed E-state index contributed by atoms with van der Waals surface area (Å²) in [6.45, 7) is 2.19. The predicted molar refractivity (Wildman–Crippen MR) is 106 cm³/mol. The van der Waals surface area contributed by atoms with E-state index in [1.54, 1.807) is 6.26 Å². The molecule has 130 valence electrons. The van der Waals surface area contributed by atoms with Gasteiger partial charge in [-0.15, -0.1) is 0 Å². The molecule has 0 bridgehead atoms. The summed E-state index contributed by atoms with van der Waals surface area (Å²) < 4.78 is 5.81. The predicted octanol–water partition coefficient (Wildman–Crippen LogP) is 5.98. The molecule has 0 aliphatic rings. The normalized spacial score (nSPS) is 12.2. The number of benzene rings is 2. The molecule has 2 aromatic carbocycles. The molecule has 4 aromatic rings. The number of aromatic nitrogens is 1. The summed E-state index contributed by atoms with van der Waals surface area (Å²) in [5, 5.41) is 6.02. The summed E-state index contributed by atoms with van der Waals surface area (Å²) in [6, 6.07) is 22.6. The molecule has 0 spiro atoms. The molecule has 0 aliphatic carbocycles. The van der Waals surface area contributed by atoms with Crippen LogP contribution >= 0.6 is 0 Å². The molecule has 2 aromatic heterocycles. The Morgan fingerprint density at radius 1 is 0.962 bits per heavy atom. The highest BCUT2D eigenvalue weighted by atomic mass is 16.3. The lowest BCUT2D eigenvalue weighted by molar-refractivity contribution is 0.498. The SMILES string of the molecule is CCCc1ncc2ccccc2c1C(Nc1ccccc1)c1ccco1. The first-order valence-corrected chi connectivity index (χ1v) is 9.08. The molecular weight excluding hydrogens is 320 g/mol. The highest BCUT2D eigenvalue weighted by Crippen LogP contribution is 2.34. The molecule has 0 saturated carbocycles. The van der Waals surface area contributed by atoms with Crippen molar-refractivity contribution in [3.05, 3.63) is 96.2 Å². The fraction of sp³-hybridized carbons (Fsp3) is 0.174. The third kappa shape index (κ3) is 3.21. The molecule has 4 rings (SSSR count). The van der Waals surface area contributed by atoms with Gasteiger partial charge in [-0.2, -0.15) is 0 Å². The van der Waals surface area contributed by atoms with E-state index in [1.165, 1.54) is 10.9 Å². The molecule has 0 fully saturated rings. The van der Waals surface area contributed by atoms with Gasteiger partial charge < -0.3 is 9.73 Å². The van der Waals surface area contributed by atoms with Crippen LogP contribution in [0.2, 0.25) is 0 Å². The molecule has 1 atom stereocenters. The molecule has 0 radical (unpaired) electrons. The summed E-state index contributed by atoms with van der Waals surface area (Å²) in [6.07, 6.45) is 5.70. The molecule has 0 amide bonds. The first-order valence-electron chi connectivity index (χ1n) is 9.08. The third-order valence-corrected chi connectivity index (χ3v) is 4.61. The second-order valence-corrected chi connectivity index (χ2v) is 6.41. The Morgan fingerprint density at radius 3 is 2.54 bits per heavy atom. The van der Waals surface area contributed by atoms with Crippen molar-refractivity contribution < 1.29 is 4.42 Å². The van der Waals surface area contributed by atoms with Crippen LogP contribution in [0.4, 0.5) is 5.69 Å². The van der Waals surface area contributed by atoms with E-state index in [-0.39, 0.29) is 6.04 Å². The molecular formula is C23H22N2O. The number of para-hydroxylation sites is 1. The lowest BCUT2D eigenvalue weighted by Gasteiger charge is -2.22. The van der Waals surface area contributed by atoms with Crippen LogP contribution in [0.5, 0.6) is 0 Å². The van der Waals surface area contributed by atoms with Crippen molar-refractivity contribution in [3.8, 4) is 0 Å². The summed E-state index contributed by atoms with van der Waals surface area (Å²) in [4.78, 5) is 4.79. The summed E-state index contributed by atoms with van der Waals surface area (Å²) in [5.41, 5.74) is 3.38. The second-order valence-electron chi connectivity index (χ2n) is 6.41. The number of hydrogen-bond acceptors (Lipinski definition) is 3. The Kier molecular flexibility index (Phi) is 4.69. The van der Waals surface area contributed by atoms with Crippen molar-refractivity contribution >= 4 is 16.5 Å². The van der Waals surface area contributed by atoms with Crippen LogP contribution in [-0.2, 0) is 6.42 Å². The van der Waals surface area contributed by atoms with Gasteiger partial charge in [-0.25, -0.2) is 0 Å².